The van der Waals surface area contributed by atoms with Crippen molar-refractivity contribution in [3.63, 3.8) is 0 Å². The third-order valence-electron chi connectivity index (χ3n) is 6.12. The Balaban J connectivity index is 1.62. The molecule has 2 heterocycles. The van der Waals surface area contributed by atoms with Gasteiger partial charge in [-0.15, -0.1) is 11.3 Å². The van der Waals surface area contributed by atoms with Crippen LogP contribution in [0.25, 0.3) is 0 Å². The molecule has 126 valence electrons. The van der Waals surface area contributed by atoms with Gasteiger partial charge in [-0.3, -0.25) is 4.79 Å². The molecule has 1 aliphatic heterocycles. The van der Waals surface area contributed by atoms with Crippen LogP contribution in [0.2, 0.25) is 0 Å². The highest BCUT2D eigenvalue weighted by molar-refractivity contribution is 7.12. The molecule has 5 heteroatoms. The molecule has 0 bridgehead atoms. The van der Waals surface area contributed by atoms with Crippen molar-refractivity contribution >= 4 is 17.2 Å². The highest BCUT2D eigenvalue weighted by Crippen LogP contribution is 2.43. The smallest absolute Gasteiger partial charge is 0.264 e. The lowest BCUT2D eigenvalue weighted by atomic mass is 9.79. The molecule has 3 aliphatic rings. The van der Waals surface area contributed by atoms with Gasteiger partial charge in [-0.1, -0.05) is 0 Å². The normalized spacial score (nSPS) is 33.4. The van der Waals surface area contributed by atoms with Crippen molar-refractivity contribution in [1.29, 1.82) is 0 Å². The Kier molecular flexibility index (Phi) is 3.98. The summed E-state index contributed by atoms with van der Waals surface area (Å²) >= 11 is 1.61. The van der Waals surface area contributed by atoms with Crippen LogP contribution in [-0.2, 0) is 17.6 Å². The summed E-state index contributed by atoms with van der Waals surface area (Å²) in [6.07, 6.45) is 7.43. The highest BCUT2D eigenvalue weighted by atomic mass is 32.1. The number of aliphatic hydroxyl groups excluding tert-OH is 1. The maximum atomic E-state index is 13.2. The summed E-state index contributed by atoms with van der Waals surface area (Å²) in [4.78, 5) is 16.1. The Labute approximate surface area is 141 Å². The number of carbonyl (C=O) groups is 1. The number of rotatable bonds is 2. The molecule has 1 N–H and O–H groups in total. The molecule has 2 aliphatic carbocycles. The number of fused-ring (bicyclic) bond motifs is 2. The molecule has 0 radical (unpaired) electrons. The first kappa shape index (κ1) is 15.6. The molecule has 0 aromatic carbocycles. The fraction of sp³-hybridized carbons (Fsp3) is 0.722. The van der Waals surface area contributed by atoms with Crippen LogP contribution < -0.4 is 0 Å². The molecule has 1 amide bonds. The van der Waals surface area contributed by atoms with E-state index in [1.807, 2.05) is 4.90 Å². The zero-order chi connectivity index (χ0) is 16.0. The summed E-state index contributed by atoms with van der Waals surface area (Å²) < 4.78 is 5.86. The summed E-state index contributed by atoms with van der Waals surface area (Å²) in [5.74, 6) is 0.163. The third-order valence-corrected chi connectivity index (χ3v) is 7.18. The van der Waals surface area contributed by atoms with Gasteiger partial charge in [-0.2, -0.15) is 0 Å². The monoisotopic (exact) mass is 335 g/mol. The molecule has 4 nitrogen and oxygen atoms in total. The molecule has 0 spiro atoms. The number of methoxy groups -OCH3 is 1. The SMILES string of the molecule is CO[C@@]12CC[C@@H](O)C[C@@H]1N(C(=O)c1scc3c1CCCC3)CC2. The molecular formula is C18H25NO3S. The number of hydrogen-bond acceptors (Lipinski definition) is 4. The molecule has 0 unspecified atom stereocenters. The number of nitrogens with zero attached hydrogens (tertiary/aromatic N) is 1. The maximum absolute atomic E-state index is 13.2. The summed E-state index contributed by atoms with van der Waals surface area (Å²) in [6, 6.07) is 0.0186. The number of ether oxygens (including phenoxy) is 1. The van der Waals surface area contributed by atoms with Gasteiger partial charge in [0.1, 0.15) is 0 Å². The van der Waals surface area contributed by atoms with Crippen molar-refractivity contribution in [2.24, 2.45) is 0 Å². The molecule has 1 aromatic heterocycles. The molecule has 3 atom stereocenters. The molecular weight excluding hydrogens is 310 g/mol. The van der Waals surface area contributed by atoms with Crippen molar-refractivity contribution in [1.82, 2.24) is 4.90 Å². The number of aliphatic hydroxyl groups is 1. The van der Waals surface area contributed by atoms with Crippen molar-refractivity contribution in [3.8, 4) is 0 Å². The first-order chi connectivity index (χ1) is 11.1. The second kappa shape index (κ2) is 5.87. The van der Waals surface area contributed by atoms with Gasteiger partial charge in [-0.25, -0.2) is 0 Å². The van der Waals surface area contributed by atoms with Gasteiger partial charge in [0.25, 0.3) is 5.91 Å². The summed E-state index contributed by atoms with van der Waals surface area (Å²) in [6.45, 7) is 0.747. The number of amides is 1. The predicted molar refractivity (Wildman–Crippen MR) is 90.0 cm³/mol. The topological polar surface area (TPSA) is 49.8 Å². The zero-order valence-corrected chi connectivity index (χ0v) is 14.5. The van der Waals surface area contributed by atoms with E-state index < -0.39 is 0 Å². The number of hydrogen-bond donors (Lipinski definition) is 1. The van der Waals surface area contributed by atoms with Crippen molar-refractivity contribution in [2.45, 2.75) is 69.1 Å². The highest BCUT2D eigenvalue weighted by Gasteiger charge is 2.52. The Bertz CT molecular complexity index is 613. The summed E-state index contributed by atoms with van der Waals surface area (Å²) in [5.41, 5.74) is 2.43. The van der Waals surface area contributed by atoms with Gasteiger partial charge in [0.2, 0.25) is 0 Å². The Morgan fingerprint density at radius 2 is 2.22 bits per heavy atom. The van der Waals surface area contributed by atoms with Crippen LogP contribution in [0.3, 0.4) is 0 Å². The number of likely N-dealkylation sites (tertiary alicyclic amines) is 1. The van der Waals surface area contributed by atoms with Crippen LogP contribution in [0.4, 0.5) is 0 Å². The van der Waals surface area contributed by atoms with Crippen LogP contribution in [0.1, 0.15) is 59.3 Å². The van der Waals surface area contributed by atoms with Gasteiger partial charge in [0, 0.05) is 13.7 Å². The average molecular weight is 335 g/mol. The van der Waals surface area contributed by atoms with Crippen molar-refractivity contribution in [2.75, 3.05) is 13.7 Å². The molecule has 1 saturated heterocycles. The van der Waals surface area contributed by atoms with E-state index in [1.54, 1.807) is 18.4 Å². The molecule has 4 rings (SSSR count). The molecule has 1 saturated carbocycles. The second-order valence-corrected chi connectivity index (χ2v) is 8.12. The number of aryl methyl sites for hydroxylation is 1. The van der Waals surface area contributed by atoms with Crippen LogP contribution in [0, 0.1) is 0 Å². The van der Waals surface area contributed by atoms with Gasteiger partial charge >= 0.3 is 0 Å². The average Bonchev–Trinajstić information content (AvgIpc) is 3.16. The molecule has 23 heavy (non-hydrogen) atoms. The largest absolute Gasteiger partial charge is 0.393 e. The van der Waals surface area contributed by atoms with E-state index in [-0.39, 0.29) is 23.7 Å². The van der Waals surface area contributed by atoms with Crippen LogP contribution in [0.5, 0.6) is 0 Å². The zero-order valence-electron chi connectivity index (χ0n) is 13.7. The van der Waals surface area contributed by atoms with Crippen LogP contribution >= 0.6 is 11.3 Å². The first-order valence-electron chi connectivity index (χ1n) is 8.78. The Morgan fingerprint density at radius 1 is 1.39 bits per heavy atom. The van der Waals surface area contributed by atoms with Crippen LogP contribution in [0.15, 0.2) is 5.38 Å². The minimum absolute atomic E-state index is 0.0186. The van der Waals surface area contributed by atoms with E-state index in [2.05, 4.69) is 5.38 Å². The summed E-state index contributed by atoms with van der Waals surface area (Å²) in [7, 11) is 1.76. The van der Waals surface area contributed by atoms with Gasteiger partial charge < -0.3 is 14.7 Å². The van der Waals surface area contributed by atoms with Crippen molar-refractivity contribution < 1.29 is 14.6 Å². The fourth-order valence-electron chi connectivity index (χ4n) is 4.75. The van der Waals surface area contributed by atoms with E-state index in [9.17, 15) is 9.90 Å². The lowest BCUT2D eigenvalue weighted by molar-refractivity contribution is -0.0824. The second-order valence-electron chi connectivity index (χ2n) is 7.24. The maximum Gasteiger partial charge on any atom is 0.264 e. The van der Waals surface area contributed by atoms with E-state index in [0.29, 0.717) is 6.42 Å². The molecule has 2 fully saturated rings. The lowest BCUT2D eigenvalue weighted by Crippen LogP contribution is -2.52. The van der Waals surface area contributed by atoms with Gasteiger partial charge in [0.05, 0.1) is 22.6 Å². The lowest BCUT2D eigenvalue weighted by Gasteiger charge is -2.42. The fourth-order valence-corrected chi connectivity index (χ4v) is 5.86. The minimum Gasteiger partial charge on any atom is -0.393 e. The third kappa shape index (κ3) is 2.44. The predicted octanol–water partition coefficient (Wildman–Crippen LogP) is 2.77. The van der Waals surface area contributed by atoms with E-state index in [0.717, 1.165) is 43.5 Å². The van der Waals surface area contributed by atoms with Crippen molar-refractivity contribution in [3.05, 3.63) is 21.4 Å². The quantitative estimate of drug-likeness (QED) is 0.904. The Hall–Kier alpha value is -0.910. The number of thiophene rings is 1. The summed E-state index contributed by atoms with van der Waals surface area (Å²) in [5, 5.41) is 12.3. The van der Waals surface area contributed by atoms with E-state index in [1.165, 1.54) is 24.0 Å². The van der Waals surface area contributed by atoms with Gasteiger partial charge in [0.15, 0.2) is 0 Å². The minimum atomic E-state index is -0.311. The van der Waals surface area contributed by atoms with Gasteiger partial charge in [-0.05, 0) is 67.9 Å². The van der Waals surface area contributed by atoms with E-state index in [4.69, 9.17) is 4.74 Å². The van der Waals surface area contributed by atoms with Crippen LogP contribution in [-0.4, -0.2) is 47.3 Å². The molecule has 1 aromatic rings. The standard InChI is InChI=1S/C18H25NO3S/c1-22-18-7-6-13(20)10-15(18)19(9-8-18)17(21)16-14-5-3-2-4-12(14)11-23-16/h11,13,15,20H,2-10H2,1H3/t13-,15+,18-/m1/s1. The van der Waals surface area contributed by atoms with E-state index >= 15 is 0 Å². The number of carbonyl (C=O) groups excluding carboxylic acids is 1. The Morgan fingerprint density at radius 3 is 3.04 bits per heavy atom. The first-order valence-corrected chi connectivity index (χ1v) is 9.66.